The molecule has 1 amide bonds. The average molecular weight is 341 g/mol. The van der Waals surface area contributed by atoms with E-state index in [4.69, 9.17) is 0 Å². The van der Waals surface area contributed by atoms with E-state index in [1.54, 1.807) is 4.40 Å². The first-order valence-corrected chi connectivity index (χ1v) is 7.78. The Morgan fingerprint density at radius 2 is 2.00 bits per heavy atom. The van der Waals surface area contributed by atoms with Gasteiger partial charge in [-0.1, -0.05) is 6.07 Å². The molecule has 1 aliphatic rings. The van der Waals surface area contributed by atoms with Crippen LogP contribution >= 0.6 is 0 Å². The summed E-state index contributed by atoms with van der Waals surface area (Å²) in [6.07, 6.45) is -1.51. The molecular weight excluding hydrogens is 323 g/mol. The Balaban J connectivity index is 1.50. The minimum absolute atomic E-state index is 0.144. The Morgan fingerprint density at radius 3 is 2.71 bits per heavy atom. The van der Waals surface area contributed by atoms with Crippen molar-refractivity contribution in [3.63, 3.8) is 0 Å². The minimum atomic E-state index is -4.19. The van der Waals surface area contributed by atoms with Crippen LogP contribution in [0.4, 0.5) is 13.2 Å². The fraction of sp³-hybridized carbons (Fsp3) is 0.533. The third kappa shape index (κ3) is 4.02. The Hall–Kier alpha value is -2.16. The van der Waals surface area contributed by atoms with Crippen LogP contribution in [0.15, 0.2) is 24.4 Å². The summed E-state index contributed by atoms with van der Waals surface area (Å²) in [5, 5.41) is 10.8. The van der Waals surface area contributed by atoms with Crippen LogP contribution in [0.3, 0.4) is 0 Å². The Bertz CT molecular complexity index is 706. The van der Waals surface area contributed by atoms with E-state index in [9.17, 15) is 18.0 Å². The van der Waals surface area contributed by atoms with Crippen LogP contribution in [-0.4, -0.2) is 51.2 Å². The number of hydrogen-bond acceptors (Lipinski definition) is 4. The molecule has 130 valence electrons. The summed E-state index contributed by atoms with van der Waals surface area (Å²) in [6, 6.07) is 5.51. The number of nitrogens with zero attached hydrogens (tertiary/aromatic N) is 4. The van der Waals surface area contributed by atoms with Crippen molar-refractivity contribution in [2.24, 2.45) is 5.92 Å². The zero-order chi connectivity index (χ0) is 17.2. The zero-order valence-corrected chi connectivity index (χ0v) is 13.0. The molecule has 0 spiro atoms. The number of fused-ring (bicyclic) bond motifs is 1. The molecule has 2 aromatic heterocycles. The smallest absolute Gasteiger partial charge is 0.349 e. The lowest BCUT2D eigenvalue weighted by molar-refractivity contribution is -0.149. The molecule has 0 radical (unpaired) electrons. The second-order valence-electron chi connectivity index (χ2n) is 5.93. The molecule has 0 saturated carbocycles. The number of rotatable bonds is 4. The van der Waals surface area contributed by atoms with Crippen LogP contribution in [0.5, 0.6) is 0 Å². The first kappa shape index (κ1) is 16.7. The maximum Gasteiger partial charge on any atom is 0.401 e. The molecule has 1 fully saturated rings. The van der Waals surface area contributed by atoms with Crippen LogP contribution in [0.25, 0.3) is 5.65 Å². The fourth-order valence-corrected chi connectivity index (χ4v) is 2.93. The van der Waals surface area contributed by atoms with Gasteiger partial charge in [-0.2, -0.15) is 13.2 Å². The quantitative estimate of drug-likeness (QED) is 0.918. The van der Waals surface area contributed by atoms with Gasteiger partial charge in [-0.25, -0.2) is 0 Å². The van der Waals surface area contributed by atoms with Crippen LogP contribution < -0.4 is 5.32 Å². The number of alkyl halides is 3. The number of amides is 1. The maximum absolute atomic E-state index is 12.4. The van der Waals surface area contributed by atoms with Crippen molar-refractivity contribution in [2.75, 3.05) is 19.6 Å². The third-order valence-corrected chi connectivity index (χ3v) is 4.17. The predicted octanol–water partition coefficient (Wildman–Crippen LogP) is 1.62. The summed E-state index contributed by atoms with van der Waals surface area (Å²) in [7, 11) is 0. The summed E-state index contributed by atoms with van der Waals surface area (Å²) < 4.78 is 38.9. The molecule has 0 unspecified atom stereocenters. The van der Waals surface area contributed by atoms with Gasteiger partial charge in [-0.15, -0.1) is 10.2 Å². The van der Waals surface area contributed by atoms with E-state index in [0.29, 0.717) is 24.3 Å². The van der Waals surface area contributed by atoms with Gasteiger partial charge in [0.05, 0.1) is 13.1 Å². The number of piperidine rings is 1. The molecule has 2 aromatic rings. The molecule has 1 aliphatic heterocycles. The summed E-state index contributed by atoms with van der Waals surface area (Å²) in [5.74, 6) is 0.219. The summed E-state index contributed by atoms with van der Waals surface area (Å²) in [4.78, 5) is 13.6. The fourth-order valence-electron chi connectivity index (χ4n) is 2.93. The normalized spacial score (nSPS) is 17.3. The number of halogens is 3. The lowest BCUT2D eigenvalue weighted by Gasteiger charge is -2.31. The SMILES string of the molecule is O=C(NCc1nnc2ccccn12)C1CCN(CC(F)(F)F)CC1. The first-order chi connectivity index (χ1) is 11.4. The molecule has 3 rings (SSSR count). The zero-order valence-electron chi connectivity index (χ0n) is 13.0. The Morgan fingerprint density at radius 1 is 1.25 bits per heavy atom. The van der Waals surface area contributed by atoms with Crippen molar-refractivity contribution in [3.8, 4) is 0 Å². The van der Waals surface area contributed by atoms with Crippen molar-refractivity contribution in [1.82, 2.24) is 24.8 Å². The highest BCUT2D eigenvalue weighted by atomic mass is 19.4. The van der Waals surface area contributed by atoms with Gasteiger partial charge in [0, 0.05) is 12.1 Å². The molecule has 24 heavy (non-hydrogen) atoms. The molecule has 0 atom stereocenters. The number of carbonyl (C=O) groups excluding carboxylic acids is 1. The molecule has 0 aliphatic carbocycles. The van der Waals surface area contributed by atoms with Crippen LogP contribution in [-0.2, 0) is 11.3 Å². The van der Waals surface area contributed by atoms with Gasteiger partial charge >= 0.3 is 6.18 Å². The number of aromatic nitrogens is 3. The molecule has 3 heterocycles. The van der Waals surface area contributed by atoms with E-state index in [2.05, 4.69) is 15.5 Å². The molecule has 0 aromatic carbocycles. The van der Waals surface area contributed by atoms with Crippen molar-refractivity contribution in [1.29, 1.82) is 0 Å². The maximum atomic E-state index is 12.4. The van der Waals surface area contributed by atoms with Crippen LogP contribution in [0.1, 0.15) is 18.7 Å². The van der Waals surface area contributed by atoms with Crippen molar-refractivity contribution < 1.29 is 18.0 Å². The van der Waals surface area contributed by atoms with Crippen LogP contribution in [0.2, 0.25) is 0 Å². The van der Waals surface area contributed by atoms with Crippen molar-refractivity contribution in [3.05, 3.63) is 30.2 Å². The average Bonchev–Trinajstić information content (AvgIpc) is 2.95. The second kappa shape index (κ2) is 6.76. The molecule has 6 nitrogen and oxygen atoms in total. The molecular formula is C15H18F3N5O. The van der Waals surface area contributed by atoms with E-state index in [1.165, 1.54) is 4.90 Å². The second-order valence-corrected chi connectivity index (χ2v) is 5.93. The number of likely N-dealkylation sites (tertiary alicyclic amines) is 1. The lowest BCUT2D eigenvalue weighted by atomic mass is 9.96. The lowest BCUT2D eigenvalue weighted by Crippen LogP contribution is -2.43. The van der Waals surface area contributed by atoms with Gasteiger partial charge in [0.25, 0.3) is 0 Å². The number of hydrogen-bond donors (Lipinski definition) is 1. The summed E-state index contributed by atoms with van der Waals surface area (Å²) >= 11 is 0. The van der Waals surface area contributed by atoms with E-state index in [1.807, 2.05) is 24.4 Å². The van der Waals surface area contributed by atoms with E-state index in [0.717, 1.165) is 0 Å². The standard InChI is InChI=1S/C15H18F3N5O/c16-15(17,18)10-22-7-4-11(5-8-22)14(24)19-9-13-21-20-12-3-1-2-6-23(12)13/h1-3,6,11H,4-5,7-10H2,(H,19,24). The highest BCUT2D eigenvalue weighted by Crippen LogP contribution is 2.22. The highest BCUT2D eigenvalue weighted by Gasteiger charge is 2.33. The Labute approximate surface area is 136 Å². The number of carbonyl (C=O) groups is 1. The van der Waals surface area contributed by atoms with Gasteiger partial charge in [0.2, 0.25) is 5.91 Å². The molecule has 9 heteroatoms. The Kier molecular flexibility index (Phi) is 4.70. The van der Waals surface area contributed by atoms with E-state index in [-0.39, 0.29) is 31.5 Å². The van der Waals surface area contributed by atoms with Crippen molar-refractivity contribution >= 4 is 11.6 Å². The number of pyridine rings is 1. The van der Waals surface area contributed by atoms with Gasteiger partial charge in [0.15, 0.2) is 11.5 Å². The molecule has 0 bridgehead atoms. The van der Waals surface area contributed by atoms with E-state index >= 15 is 0 Å². The monoisotopic (exact) mass is 341 g/mol. The van der Waals surface area contributed by atoms with Gasteiger partial charge in [-0.3, -0.25) is 14.1 Å². The van der Waals surface area contributed by atoms with Gasteiger partial charge in [0.1, 0.15) is 0 Å². The molecule has 1 N–H and O–H groups in total. The highest BCUT2D eigenvalue weighted by molar-refractivity contribution is 5.78. The predicted molar refractivity (Wildman–Crippen MR) is 80.1 cm³/mol. The third-order valence-electron chi connectivity index (χ3n) is 4.17. The first-order valence-electron chi connectivity index (χ1n) is 7.78. The van der Waals surface area contributed by atoms with Gasteiger partial charge < -0.3 is 5.32 Å². The minimum Gasteiger partial charge on any atom is -0.349 e. The van der Waals surface area contributed by atoms with Crippen LogP contribution in [0, 0.1) is 5.92 Å². The van der Waals surface area contributed by atoms with Gasteiger partial charge in [-0.05, 0) is 38.1 Å². The van der Waals surface area contributed by atoms with E-state index < -0.39 is 12.7 Å². The molecule has 1 saturated heterocycles. The largest absolute Gasteiger partial charge is 0.401 e. The van der Waals surface area contributed by atoms with Crippen molar-refractivity contribution in [2.45, 2.75) is 25.6 Å². The number of nitrogens with one attached hydrogen (secondary N) is 1. The summed E-state index contributed by atoms with van der Waals surface area (Å²) in [5.41, 5.74) is 0.696. The summed E-state index contributed by atoms with van der Waals surface area (Å²) in [6.45, 7) is -0.100. The topological polar surface area (TPSA) is 62.5 Å².